The fourth-order valence-electron chi connectivity index (χ4n) is 5.59. The topological polar surface area (TPSA) is 26.3 Å². The molecule has 0 N–H and O–H groups in total. The molecular weight excluding hydrogens is 488 g/mol. The number of benzene rings is 7. The molecule has 2 heterocycles. The molecule has 0 aliphatic heterocycles. The smallest absolute Gasteiger partial charge is 0.145 e. The fourth-order valence-corrected chi connectivity index (χ4v) is 5.59. The van der Waals surface area contributed by atoms with Gasteiger partial charge in [0.05, 0.1) is 32.2 Å². The van der Waals surface area contributed by atoms with Crippen LogP contribution >= 0.6 is 0 Å². The van der Waals surface area contributed by atoms with Crippen LogP contribution in [0.1, 0.15) is 20.6 Å². The monoisotopic (exact) mass is 525 g/mol. The molecule has 0 amide bonds. The average Bonchev–Trinajstić information content (AvgIpc) is 3.81. The van der Waals surface area contributed by atoms with E-state index in [0.717, 1.165) is 5.39 Å². The molecule has 2 nitrogen and oxygen atoms in total. The second-order valence-corrected chi connectivity index (χ2v) is 9.31. The van der Waals surface area contributed by atoms with E-state index < -0.39 is 107 Å². The maximum absolute atomic E-state index is 9.41. The van der Waals surface area contributed by atoms with Crippen LogP contribution in [0, 0.1) is 0 Å². The van der Waals surface area contributed by atoms with Crippen LogP contribution in [-0.2, 0) is 0 Å². The first-order valence-electron chi connectivity index (χ1n) is 19.9. The molecule has 186 valence electrons. The Labute approximate surface area is 250 Å². The number of rotatable bonds is 2. The maximum Gasteiger partial charge on any atom is 0.145 e. The summed E-state index contributed by atoms with van der Waals surface area (Å²) in [7, 11) is 0. The third-order valence-corrected chi connectivity index (χ3v) is 7.22. The Morgan fingerprint density at radius 3 is 1.98 bits per heavy atom. The van der Waals surface area contributed by atoms with Crippen LogP contribution in [-0.4, -0.2) is 0 Å². The summed E-state index contributed by atoms with van der Waals surface area (Å²) in [5.74, 6) is 0. The lowest BCUT2D eigenvalue weighted by Gasteiger charge is -2.18. The third kappa shape index (κ3) is 2.93. The van der Waals surface area contributed by atoms with E-state index in [4.69, 9.17) is 21.2 Å². The SMILES string of the molecule is [2H]c1c([2H])c([2H])c2c([2H])c(-c3c4c([2H])c([2H])c([2H])c([2H])c4c(-c4cccc5oc6ccc7ccoc7c6c45)c4c([2H])c([2H])c([2H])c([2H])c34)c([2H])c([2H])c2c1[2H]. The van der Waals surface area contributed by atoms with Gasteiger partial charge in [0.2, 0.25) is 0 Å². The van der Waals surface area contributed by atoms with Crippen LogP contribution in [0.5, 0.6) is 0 Å². The zero-order valence-electron chi connectivity index (χ0n) is 35.4. The number of furan rings is 2. The molecule has 0 aliphatic rings. The zero-order chi connectivity index (χ0) is 39.3. The summed E-state index contributed by atoms with van der Waals surface area (Å²) < 4.78 is 146. The van der Waals surface area contributed by atoms with Crippen molar-refractivity contribution in [3.05, 3.63) is 133 Å². The predicted molar refractivity (Wildman–Crippen MR) is 167 cm³/mol. The third-order valence-electron chi connectivity index (χ3n) is 7.22. The molecule has 0 bridgehead atoms. The Bertz CT molecular complexity index is 3190. The van der Waals surface area contributed by atoms with E-state index in [0.29, 0.717) is 27.5 Å². The summed E-state index contributed by atoms with van der Waals surface area (Å²) in [4.78, 5) is 0. The molecule has 0 spiro atoms. The van der Waals surface area contributed by atoms with Gasteiger partial charge in [-0.15, -0.1) is 0 Å². The standard InChI is InChI=1S/C38H22O2/c1-2-9-25-22-26(17-16-23(25)8-1)34-27-10-3-5-12-29(27)35(30-13-6-4-11-28(30)34)31-14-7-15-32-36(31)37-33(40-32)19-18-24-20-21-39-38(24)37/h1-22H/i1D,2D,3D,4D,5D,6D,8D,9D,10D,11D,12D,13D,16D,17D,22D. The molecule has 2 heteroatoms. The zero-order valence-corrected chi connectivity index (χ0v) is 20.4. The summed E-state index contributed by atoms with van der Waals surface area (Å²) in [5.41, 5.74) is 0.554. The molecule has 9 aromatic rings. The molecule has 0 atom stereocenters. The van der Waals surface area contributed by atoms with Crippen molar-refractivity contribution >= 4 is 65.2 Å². The summed E-state index contributed by atoms with van der Waals surface area (Å²) in [6.45, 7) is 0. The van der Waals surface area contributed by atoms with Crippen LogP contribution in [0.4, 0.5) is 0 Å². The lowest BCUT2D eigenvalue weighted by molar-refractivity contribution is 0.618. The van der Waals surface area contributed by atoms with Crippen LogP contribution in [0.25, 0.3) is 87.5 Å². The molecule has 2 aromatic heterocycles. The fraction of sp³-hybridized carbons (Fsp3) is 0. The van der Waals surface area contributed by atoms with Gasteiger partial charge in [0, 0.05) is 10.8 Å². The lowest BCUT2D eigenvalue weighted by atomic mass is 9.84. The average molecular weight is 526 g/mol. The molecule has 7 aromatic carbocycles. The van der Waals surface area contributed by atoms with Crippen LogP contribution in [0.2, 0.25) is 0 Å². The molecule has 9 rings (SSSR count). The van der Waals surface area contributed by atoms with E-state index in [2.05, 4.69) is 0 Å². The molecule has 0 fully saturated rings. The van der Waals surface area contributed by atoms with Crippen molar-refractivity contribution in [1.82, 2.24) is 0 Å². The van der Waals surface area contributed by atoms with Gasteiger partial charge >= 0.3 is 0 Å². The van der Waals surface area contributed by atoms with Crippen LogP contribution < -0.4 is 0 Å². The largest absolute Gasteiger partial charge is 0.464 e. The van der Waals surface area contributed by atoms with E-state index in [-0.39, 0.29) is 38.2 Å². The normalized spacial score (nSPS) is 17.2. The Kier molecular flexibility index (Phi) is 2.39. The highest BCUT2D eigenvalue weighted by atomic mass is 16.3. The minimum absolute atomic E-state index is 0.0172. The van der Waals surface area contributed by atoms with Crippen molar-refractivity contribution in [2.45, 2.75) is 0 Å². The summed E-state index contributed by atoms with van der Waals surface area (Å²) in [5, 5.41) is -0.283. The molecular formula is C38H22O2. The minimum atomic E-state index is -0.749. The van der Waals surface area contributed by atoms with Gasteiger partial charge in [0.15, 0.2) is 0 Å². The summed E-state index contributed by atoms with van der Waals surface area (Å²) in [6, 6.07) is 0.0388. The van der Waals surface area contributed by atoms with Gasteiger partial charge in [-0.25, -0.2) is 0 Å². The number of fused-ring (bicyclic) bond motifs is 8. The predicted octanol–water partition coefficient (Wildman–Crippen LogP) is 11.1. The molecule has 0 saturated heterocycles. The van der Waals surface area contributed by atoms with E-state index in [9.17, 15) is 8.22 Å². The number of hydrogen-bond acceptors (Lipinski definition) is 2. The Balaban J connectivity index is 1.64. The molecule has 0 aliphatic carbocycles. The Morgan fingerprint density at radius 2 is 1.20 bits per heavy atom. The maximum atomic E-state index is 9.41. The van der Waals surface area contributed by atoms with E-state index >= 15 is 0 Å². The van der Waals surface area contributed by atoms with Crippen molar-refractivity contribution in [3.63, 3.8) is 0 Å². The highest BCUT2D eigenvalue weighted by molar-refractivity contribution is 6.28. The molecule has 0 saturated carbocycles. The van der Waals surface area contributed by atoms with Crippen molar-refractivity contribution in [1.29, 1.82) is 0 Å². The first kappa shape index (κ1) is 11.8. The van der Waals surface area contributed by atoms with Gasteiger partial charge in [-0.3, -0.25) is 0 Å². The minimum Gasteiger partial charge on any atom is -0.464 e. The van der Waals surface area contributed by atoms with Gasteiger partial charge in [-0.2, -0.15) is 0 Å². The van der Waals surface area contributed by atoms with Gasteiger partial charge in [-0.05, 0) is 84.9 Å². The molecule has 0 unspecified atom stereocenters. The number of hydrogen-bond donors (Lipinski definition) is 0. The summed E-state index contributed by atoms with van der Waals surface area (Å²) >= 11 is 0. The first-order chi connectivity index (χ1) is 26.1. The van der Waals surface area contributed by atoms with Gasteiger partial charge in [0.25, 0.3) is 0 Å². The second-order valence-electron chi connectivity index (χ2n) is 9.31. The van der Waals surface area contributed by atoms with Crippen LogP contribution in [0.3, 0.4) is 0 Å². The van der Waals surface area contributed by atoms with E-state index in [1.54, 1.807) is 36.4 Å². The quantitative estimate of drug-likeness (QED) is 0.210. The van der Waals surface area contributed by atoms with Crippen molar-refractivity contribution in [2.75, 3.05) is 0 Å². The van der Waals surface area contributed by atoms with Crippen LogP contribution in [0.15, 0.2) is 142 Å². The lowest BCUT2D eigenvalue weighted by Crippen LogP contribution is -1.91. The van der Waals surface area contributed by atoms with Crippen molar-refractivity contribution in [2.24, 2.45) is 0 Å². The highest BCUT2D eigenvalue weighted by Crippen LogP contribution is 2.48. The second kappa shape index (κ2) is 8.08. The van der Waals surface area contributed by atoms with E-state index in [1.807, 2.05) is 0 Å². The van der Waals surface area contributed by atoms with Gasteiger partial charge in [0.1, 0.15) is 16.7 Å². The van der Waals surface area contributed by atoms with Crippen molar-refractivity contribution in [3.8, 4) is 22.3 Å². The molecule has 40 heavy (non-hydrogen) atoms. The van der Waals surface area contributed by atoms with E-state index in [1.165, 1.54) is 6.26 Å². The highest BCUT2D eigenvalue weighted by Gasteiger charge is 2.21. The van der Waals surface area contributed by atoms with Gasteiger partial charge < -0.3 is 8.83 Å². The molecule has 0 radical (unpaired) electrons. The Hall–Kier alpha value is -5.34. The Morgan fingerprint density at radius 1 is 0.525 bits per heavy atom. The van der Waals surface area contributed by atoms with Crippen molar-refractivity contribution < 1.29 is 29.4 Å². The summed E-state index contributed by atoms with van der Waals surface area (Å²) in [6.07, 6.45) is 1.50. The first-order valence-corrected chi connectivity index (χ1v) is 12.4. The van der Waals surface area contributed by atoms with Gasteiger partial charge in [-0.1, -0.05) is 96.7 Å².